The van der Waals surface area contributed by atoms with E-state index in [9.17, 15) is 9.59 Å². The van der Waals surface area contributed by atoms with Gasteiger partial charge in [0.2, 0.25) is 11.8 Å². The summed E-state index contributed by atoms with van der Waals surface area (Å²) in [7, 11) is 0. The fourth-order valence-corrected chi connectivity index (χ4v) is 2.72. The van der Waals surface area contributed by atoms with Crippen molar-refractivity contribution < 1.29 is 9.59 Å². The first kappa shape index (κ1) is 15.0. The third kappa shape index (κ3) is 3.60. The molecule has 3 atom stereocenters. The van der Waals surface area contributed by atoms with Crippen LogP contribution in [0.3, 0.4) is 0 Å². The second kappa shape index (κ2) is 6.39. The summed E-state index contributed by atoms with van der Waals surface area (Å²) >= 11 is 3.44. The lowest BCUT2D eigenvalue weighted by Gasteiger charge is -2.13. The van der Waals surface area contributed by atoms with Gasteiger partial charge in [0, 0.05) is 16.9 Å². The standard InChI is InChI=1S/C15H19BrN2O2/c1-3-17-14(19)9(2)18-15(20)13-8-12(13)10-5-4-6-11(16)7-10/h4-7,9,12-13H,3,8H2,1-2H3,(H,17,19)(H,18,20)/t9-,12+,13+/m0/s1. The summed E-state index contributed by atoms with van der Waals surface area (Å²) in [4.78, 5) is 23.7. The van der Waals surface area contributed by atoms with E-state index in [2.05, 4.69) is 26.6 Å². The van der Waals surface area contributed by atoms with Crippen molar-refractivity contribution >= 4 is 27.7 Å². The highest BCUT2D eigenvalue weighted by molar-refractivity contribution is 9.10. The van der Waals surface area contributed by atoms with Crippen molar-refractivity contribution in [2.75, 3.05) is 6.54 Å². The van der Waals surface area contributed by atoms with Gasteiger partial charge in [-0.05, 0) is 43.9 Å². The van der Waals surface area contributed by atoms with Crippen molar-refractivity contribution in [1.29, 1.82) is 0 Å². The van der Waals surface area contributed by atoms with Crippen LogP contribution in [0.15, 0.2) is 28.7 Å². The summed E-state index contributed by atoms with van der Waals surface area (Å²) < 4.78 is 1.02. The Kier molecular flexibility index (Phi) is 4.81. The average molecular weight is 339 g/mol. The van der Waals surface area contributed by atoms with Crippen molar-refractivity contribution in [3.8, 4) is 0 Å². The van der Waals surface area contributed by atoms with E-state index in [0.29, 0.717) is 6.54 Å². The van der Waals surface area contributed by atoms with Crippen LogP contribution in [-0.2, 0) is 9.59 Å². The molecule has 4 nitrogen and oxygen atoms in total. The first-order valence-corrected chi connectivity index (χ1v) is 7.65. The molecule has 2 rings (SSSR count). The lowest BCUT2D eigenvalue weighted by Crippen LogP contribution is -2.45. The summed E-state index contributed by atoms with van der Waals surface area (Å²) in [6, 6.07) is 7.55. The SMILES string of the molecule is CCNC(=O)[C@H](C)NC(=O)[C@@H]1C[C@@H]1c1cccc(Br)c1. The predicted octanol–water partition coefficient (Wildman–Crippen LogP) is 2.19. The molecular formula is C15H19BrN2O2. The molecule has 0 aliphatic heterocycles. The zero-order valence-electron chi connectivity index (χ0n) is 11.7. The van der Waals surface area contributed by atoms with Gasteiger partial charge < -0.3 is 10.6 Å². The number of carbonyl (C=O) groups excluding carboxylic acids is 2. The van der Waals surface area contributed by atoms with E-state index < -0.39 is 6.04 Å². The van der Waals surface area contributed by atoms with Gasteiger partial charge in [0.05, 0.1) is 0 Å². The van der Waals surface area contributed by atoms with E-state index in [1.54, 1.807) is 6.92 Å². The molecule has 2 N–H and O–H groups in total. The predicted molar refractivity (Wildman–Crippen MR) is 81.3 cm³/mol. The molecule has 0 saturated heterocycles. The smallest absolute Gasteiger partial charge is 0.242 e. The number of nitrogens with one attached hydrogen (secondary N) is 2. The lowest BCUT2D eigenvalue weighted by molar-refractivity contribution is -0.129. The molecule has 0 radical (unpaired) electrons. The maximum atomic E-state index is 12.1. The topological polar surface area (TPSA) is 58.2 Å². The van der Waals surface area contributed by atoms with E-state index in [4.69, 9.17) is 0 Å². The number of hydrogen-bond acceptors (Lipinski definition) is 2. The van der Waals surface area contributed by atoms with Gasteiger partial charge in [0.25, 0.3) is 0 Å². The molecule has 1 aromatic rings. The normalized spacial score (nSPS) is 21.9. The Morgan fingerprint density at radius 3 is 2.85 bits per heavy atom. The number of rotatable bonds is 5. The van der Waals surface area contributed by atoms with Crippen LogP contribution in [0.2, 0.25) is 0 Å². The maximum absolute atomic E-state index is 12.1. The minimum Gasteiger partial charge on any atom is -0.355 e. The minimum absolute atomic E-state index is 0.0128. The summed E-state index contributed by atoms with van der Waals surface area (Å²) in [6.45, 7) is 4.14. The monoisotopic (exact) mass is 338 g/mol. The second-order valence-electron chi connectivity index (χ2n) is 5.13. The van der Waals surface area contributed by atoms with E-state index >= 15 is 0 Å². The molecule has 1 aliphatic carbocycles. The number of likely N-dealkylation sites (N-methyl/N-ethyl adjacent to an activating group) is 1. The van der Waals surface area contributed by atoms with Crippen molar-refractivity contribution in [1.82, 2.24) is 10.6 Å². The summed E-state index contributed by atoms with van der Waals surface area (Å²) in [5.74, 6) is 0.0874. The number of hydrogen-bond donors (Lipinski definition) is 2. The highest BCUT2D eigenvalue weighted by Gasteiger charge is 2.44. The Hall–Kier alpha value is -1.36. The molecule has 0 heterocycles. The molecule has 108 valence electrons. The van der Waals surface area contributed by atoms with Crippen molar-refractivity contribution in [3.05, 3.63) is 34.3 Å². The highest BCUT2D eigenvalue weighted by Crippen LogP contribution is 2.47. The number of carbonyl (C=O) groups is 2. The van der Waals surface area contributed by atoms with Gasteiger partial charge in [-0.3, -0.25) is 9.59 Å². The van der Waals surface area contributed by atoms with Gasteiger partial charge in [-0.1, -0.05) is 28.1 Å². The number of amides is 2. The minimum atomic E-state index is -0.480. The fraction of sp³-hybridized carbons (Fsp3) is 0.467. The largest absolute Gasteiger partial charge is 0.355 e. The molecule has 0 aromatic heterocycles. The molecule has 5 heteroatoms. The van der Waals surface area contributed by atoms with E-state index in [1.165, 1.54) is 5.56 Å². The zero-order chi connectivity index (χ0) is 14.7. The summed E-state index contributed by atoms with van der Waals surface area (Å²) in [6.07, 6.45) is 0.852. The first-order chi connectivity index (χ1) is 9.52. The van der Waals surface area contributed by atoms with Crippen molar-refractivity contribution in [2.24, 2.45) is 5.92 Å². The van der Waals surface area contributed by atoms with Gasteiger partial charge >= 0.3 is 0 Å². The molecule has 0 unspecified atom stereocenters. The molecule has 1 aromatic carbocycles. The van der Waals surface area contributed by atoms with Crippen LogP contribution in [-0.4, -0.2) is 24.4 Å². The van der Waals surface area contributed by atoms with Crippen LogP contribution >= 0.6 is 15.9 Å². The van der Waals surface area contributed by atoms with Gasteiger partial charge in [-0.2, -0.15) is 0 Å². The molecule has 1 aliphatic rings. The van der Waals surface area contributed by atoms with Crippen LogP contribution in [0, 0.1) is 5.92 Å². The molecule has 2 amide bonds. The van der Waals surface area contributed by atoms with Gasteiger partial charge in [0.1, 0.15) is 6.04 Å². The highest BCUT2D eigenvalue weighted by atomic mass is 79.9. The second-order valence-corrected chi connectivity index (χ2v) is 6.04. The molecule has 20 heavy (non-hydrogen) atoms. The molecule has 0 bridgehead atoms. The first-order valence-electron chi connectivity index (χ1n) is 6.86. The maximum Gasteiger partial charge on any atom is 0.242 e. The third-order valence-corrected chi connectivity index (χ3v) is 4.00. The van der Waals surface area contributed by atoms with Crippen LogP contribution < -0.4 is 10.6 Å². The van der Waals surface area contributed by atoms with Crippen molar-refractivity contribution in [2.45, 2.75) is 32.2 Å². The zero-order valence-corrected chi connectivity index (χ0v) is 13.2. The van der Waals surface area contributed by atoms with Gasteiger partial charge in [-0.15, -0.1) is 0 Å². The molecule has 0 spiro atoms. The Balaban J connectivity index is 1.88. The number of halogens is 1. The van der Waals surface area contributed by atoms with Gasteiger partial charge in [0.15, 0.2) is 0 Å². The Morgan fingerprint density at radius 1 is 1.45 bits per heavy atom. The molecule has 1 saturated carbocycles. The van der Waals surface area contributed by atoms with E-state index in [0.717, 1.165) is 10.9 Å². The third-order valence-electron chi connectivity index (χ3n) is 3.51. The lowest BCUT2D eigenvalue weighted by atomic mass is 10.1. The fourth-order valence-electron chi connectivity index (χ4n) is 2.30. The molecular weight excluding hydrogens is 320 g/mol. The van der Waals surface area contributed by atoms with E-state index in [1.807, 2.05) is 31.2 Å². The van der Waals surface area contributed by atoms with Crippen molar-refractivity contribution in [3.63, 3.8) is 0 Å². The van der Waals surface area contributed by atoms with Crippen LogP contribution in [0.4, 0.5) is 0 Å². The molecule has 1 fully saturated rings. The average Bonchev–Trinajstić information content (AvgIpc) is 3.19. The summed E-state index contributed by atoms with van der Waals surface area (Å²) in [5, 5.41) is 5.48. The van der Waals surface area contributed by atoms with Crippen LogP contribution in [0.1, 0.15) is 31.7 Å². The Bertz CT molecular complexity index is 518. The van der Waals surface area contributed by atoms with Crippen LogP contribution in [0.25, 0.3) is 0 Å². The van der Waals surface area contributed by atoms with Gasteiger partial charge in [-0.25, -0.2) is 0 Å². The number of benzene rings is 1. The Labute approximate surface area is 127 Å². The summed E-state index contributed by atoms with van der Waals surface area (Å²) in [5.41, 5.74) is 1.17. The van der Waals surface area contributed by atoms with Crippen LogP contribution in [0.5, 0.6) is 0 Å². The quantitative estimate of drug-likeness (QED) is 0.864. The Morgan fingerprint density at radius 2 is 2.20 bits per heavy atom. The van der Waals surface area contributed by atoms with E-state index in [-0.39, 0.29) is 23.7 Å².